The summed E-state index contributed by atoms with van der Waals surface area (Å²) >= 11 is 13.5. The third-order valence-electron chi connectivity index (χ3n) is 5.77. The Morgan fingerprint density at radius 1 is 1.16 bits per heavy atom. The standard InChI is InChI=1S/C26H21Cl2FN4O3S/c1-31-22(20(27)12-30)19-11-21(37-23(19)28)24(34)32-16(10-14-6-8-15(29)9-7-14)13-33-25(35)17-4-2-3-5-18(17)26(33)36/h2-9,11-12,16H,10,13,30H2,1H3,(H,32,34)/t16-/m0/s1. The first-order valence-corrected chi connectivity index (χ1v) is 12.7. The van der Waals surface area contributed by atoms with E-state index in [0.29, 0.717) is 32.3 Å². The third-order valence-corrected chi connectivity index (χ3v) is 7.44. The van der Waals surface area contributed by atoms with Crippen LogP contribution in [-0.4, -0.2) is 48.0 Å². The van der Waals surface area contributed by atoms with Crippen LogP contribution in [0.1, 0.15) is 41.5 Å². The molecular weight excluding hydrogens is 538 g/mol. The van der Waals surface area contributed by atoms with Crippen LogP contribution in [0.4, 0.5) is 4.39 Å². The Morgan fingerprint density at radius 3 is 2.35 bits per heavy atom. The van der Waals surface area contributed by atoms with Crippen LogP contribution in [0.25, 0.3) is 0 Å². The van der Waals surface area contributed by atoms with E-state index in [1.54, 1.807) is 42.5 Å². The quantitative estimate of drug-likeness (QED) is 0.310. The number of halogens is 3. The van der Waals surface area contributed by atoms with Gasteiger partial charge in [0.25, 0.3) is 17.7 Å². The van der Waals surface area contributed by atoms with E-state index in [0.717, 1.165) is 16.2 Å². The van der Waals surface area contributed by atoms with Gasteiger partial charge >= 0.3 is 0 Å². The minimum atomic E-state index is -0.670. The molecule has 2 heterocycles. The van der Waals surface area contributed by atoms with Gasteiger partial charge in [-0.25, -0.2) is 4.39 Å². The zero-order valence-corrected chi connectivity index (χ0v) is 21.8. The second kappa shape index (κ2) is 11.2. The van der Waals surface area contributed by atoms with E-state index in [9.17, 15) is 18.8 Å². The second-order valence-corrected chi connectivity index (χ2v) is 10.2. The average molecular weight is 559 g/mol. The summed E-state index contributed by atoms with van der Waals surface area (Å²) in [6.45, 7) is -0.0785. The predicted octanol–water partition coefficient (Wildman–Crippen LogP) is 4.64. The number of carbonyl (C=O) groups is 3. The highest BCUT2D eigenvalue weighted by molar-refractivity contribution is 7.18. The van der Waals surface area contributed by atoms with Crippen molar-refractivity contribution in [3.63, 3.8) is 0 Å². The fourth-order valence-electron chi connectivity index (χ4n) is 4.03. The minimum absolute atomic E-state index is 0.0785. The summed E-state index contributed by atoms with van der Waals surface area (Å²) in [5.41, 5.74) is 7.62. The minimum Gasteiger partial charge on any atom is -0.403 e. The number of fused-ring (bicyclic) bond motifs is 1. The molecule has 0 radical (unpaired) electrons. The van der Waals surface area contributed by atoms with Gasteiger partial charge in [-0.05, 0) is 42.3 Å². The van der Waals surface area contributed by atoms with Gasteiger partial charge in [-0.3, -0.25) is 24.3 Å². The summed E-state index contributed by atoms with van der Waals surface area (Å²) in [6.07, 6.45) is 1.42. The maximum absolute atomic E-state index is 13.4. The zero-order chi connectivity index (χ0) is 26.7. The number of hydrogen-bond donors (Lipinski definition) is 2. The van der Waals surface area contributed by atoms with Crippen LogP contribution in [0.15, 0.2) is 70.8 Å². The maximum Gasteiger partial charge on any atom is 0.261 e. The molecule has 3 N–H and O–H groups in total. The first-order chi connectivity index (χ1) is 17.7. The summed E-state index contributed by atoms with van der Waals surface area (Å²) in [4.78, 5) is 44.6. The number of amides is 3. The van der Waals surface area contributed by atoms with Crippen molar-refractivity contribution in [2.45, 2.75) is 12.5 Å². The van der Waals surface area contributed by atoms with E-state index in [1.807, 2.05) is 0 Å². The highest BCUT2D eigenvalue weighted by Gasteiger charge is 2.36. The predicted molar refractivity (Wildman–Crippen MR) is 143 cm³/mol. The molecule has 4 rings (SSSR count). The maximum atomic E-state index is 13.4. The van der Waals surface area contributed by atoms with Gasteiger partial charge in [0.05, 0.1) is 32.8 Å². The molecule has 11 heteroatoms. The lowest BCUT2D eigenvalue weighted by Gasteiger charge is -2.24. The lowest BCUT2D eigenvalue weighted by atomic mass is 10.0. The fourth-order valence-corrected chi connectivity index (χ4v) is 5.39. The lowest BCUT2D eigenvalue weighted by molar-refractivity contribution is 0.0629. The first kappa shape index (κ1) is 26.5. The Labute approximate surface area is 226 Å². The van der Waals surface area contributed by atoms with E-state index >= 15 is 0 Å². The van der Waals surface area contributed by atoms with E-state index in [2.05, 4.69) is 10.3 Å². The molecule has 0 saturated carbocycles. The number of aliphatic imine (C=N–C) groups is 1. The molecule has 1 aromatic heterocycles. The molecule has 0 bridgehead atoms. The summed E-state index contributed by atoms with van der Waals surface area (Å²) in [5, 5.41) is 3.07. The van der Waals surface area contributed by atoms with Crippen molar-refractivity contribution in [3.05, 3.63) is 103 Å². The molecule has 0 aliphatic carbocycles. The van der Waals surface area contributed by atoms with Gasteiger partial charge in [-0.1, -0.05) is 47.5 Å². The number of allylic oxidation sites excluding steroid dienone is 1. The largest absolute Gasteiger partial charge is 0.403 e. The van der Waals surface area contributed by atoms with Gasteiger partial charge < -0.3 is 11.1 Å². The highest BCUT2D eigenvalue weighted by atomic mass is 35.5. The number of hydrogen-bond acceptors (Lipinski definition) is 6. The zero-order valence-electron chi connectivity index (χ0n) is 19.5. The van der Waals surface area contributed by atoms with Crippen molar-refractivity contribution in [1.82, 2.24) is 10.2 Å². The van der Waals surface area contributed by atoms with Crippen molar-refractivity contribution in [3.8, 4) is 0 Å². The molecule has 190 valence electrons. The molecular formula is C26H21Cl2FN4O3S. The Kier molecular flexibility index (Phi) is 8.06. The molecule has 1 aliphatic heterocycles. The lowest BCUT2D eigenvalue weighted by Crippen LogP contribution is -2.46. The Balaban J connectivity index is 1.60. The highest BCUT2D eigenvalue weighted by Crippen LogP contribution is 2.31. The fraction of sp³-hybridized carbons (Fsp3) is 0.154. The molecule has 2 aromatic carbocycles. The van der Waals surface area contributed by atoms with Crippen molar-refractivity contribution < 1.29 is 18.8 Å². The van der Waals surface area contributed by atoms with Crippen molar-refractivity contribution >= 4 is 58.0 Å². The van der Waals surface area contributed by atoms with Crippen molar-refractivity contribution in [1.29, 1.82) is 0 Å². The molecule has 0 saturated heterocycles. The number of imide groups is 1. The number of carbonyl (C=O) groups excluding carboxylic acids is 3. The number of nitrogens with two attached hydrogens (primary N) is 1. The Hall–Kier alpha value is -3.53. The van der Waals surface area contributed by atoms with Gasteiger partial charge in [0, 0.05) is 25.4 Å². The molecule has 0 unspecified atom stereocenters. The van der Waals surface area contributed by atoms with Crippen molar-refractivity contribution in [2.75, 3.05) is 13.6 Å². The Bertz CT molecular complexity index is 1400. The summed E-state index contributed by atoms with van der Waals surface area (Å²) in [6, 6.07) is 13.2. The van der Waals surface area contributed by atoms with Crippen LogP contribution in [0.5, 0.6) is 0 Å². The average Bonchev–Trinajstić information content (AvgIpc) is 3.39. The number of nitrogens with one attached hydrogen (secondary N) is 1. The summed E-state index contributed by atoms with van der Waals surface area (Å²) in [5.74, 6) is -1.74. The van der Waals surface area contributed by atoms with Crippen LogP contribution in [0, 0.1) is 5.82 Å². The summed E-state index contributed by atoms with van der Waals surface area (Å²) < 4.78 is 13.7. The molecule has 0 fully saturated rings. The normalized spacial score (nSPS) is 14.6. The summed E-state index contributed by atoms with van der Waals surface area (Å²) in [7, 11) is 1.52. The van der Waals surface area contributed by atoms with E-state index in [4.69, 9.17) is 28.9 Å². The topological polar surface area (TPSA) is 105 Å². The Morgan fingerprint density at radius 2 is 1.78 bits per heavy atom. The molecule has 1 aliphatic rings. The van der Waals surface area contributed by atoms with Gasteiger partial charge in [0.15, 0.2) is 0 Å². The van der Waals surface area contributed by atoms with E-state index < -0.39 is 29.6 Å². The van der Waals surface area contributed by atoms with E-state index in [-0.39, 0.29) is 22.9 Å². The molecule has 0 spiro atoms. The van der Waals surface area contributed by atoms with Crippen LogP contribution >= 0.6 is 34.5 Å². The molecule has 3 aromatic rings. The van der Waals surface area contributed by atoms with Gasteiger partial charge in [0.2, 0.25) is 0 Å². The van der Waals surface area contributed by atoms with Crippen molar-refractivity contribution in [2.24, 2.45) is 10.7 Å². The second-order valence-electron chi connectivity index (χ2n) is 8.15. The SMILES string of the molecule is CN=C(C(Cl)=CN)c1cc(C(=O)N[C@@H](Cc2ccc(F)cc2)CN2C(=O)c3ccccc3C2=O)sc1Cl. The van der Waals surface area contributed by atoms with Gasteiger partial charge in [-0.2, -0.15) is 0 Å². The number of nitrogens with zero attached hydrogens (tertiary/aromatic N) is 2. The first-order valence-electron chi connectivity index (χ1n) is 11.1. The smallest absolute Gasteiger partial charge is 0.261 e. The number of benzene rings is 2. The van der Waals surface area contributed by atoms with Gasteiger partial charge in [-0.15, -0.1) is 11.3 Å². The van der Waals surface area contributed by atoms with Crippen LogP contribution in [0.2, 0.25) is 4.34 Å². The van der Waals surface area contributed by atoms with Crippen LogP contribution < -0.4 is 11.1 Å². The monoisotopic (exact) mass is 558 g/mol. The van der Waals surface area contributed by atoms with Crippen LogP contribution in [-0.2, 0) is 6.42 Å². The molecule has 3 amide bonds. The molecule has 7 nitrogen and oxygen atoms in total. The number of thiophene rings is 1. The third kappa shape index (κ3) is 5.58. The van der Waals surface area contributed by atoms with Crippen LogP contribution in [0.3, 0.4) is 0 Å². The van der Waals surface area contributed by atoms with E-state index in [1.165, 1.54) is 25.4 Å². The number of rotatable bonds is 8. The van der Waals surface area contributed by atoms with Gasteiger partial charge in [0.1, 0.15) is 10.2 Å². The molecule has 1 atom stereocenters. The molecule has 37 heavy (non-hydrogen) atoms.